The van der Waals surface area contributed by atoms with Gasteiger partial charge in [0.25, 0.3) is 0 Å². The van der Waals surface area contributed by atoms with Crippen LogP contribution in [-0.2, 0) is 14.3 Å². The highest BCUT2D eigenvalue weighted by Gasteiger charge is 2.56. The molecule has 37 heavy (non-hydrogen) atoms. The van der Waals surface area contributed by atoms with E-state index in [1.807, 2.05) is 19.1 Å². The van der Waals surface area contributed by atoms with E-state index >= 15 is 0 Å². The predicted octanol–water partition coefficient (Wildman–Crippen LogP) is 3.19. The molecule has 3 aliphatic rings. The summed E-state index contributed by atoms with van der Waals surface area (Å²) in [7, 11) is -1.68. The molecule has 0 unspecified atom stereocenters. The number of hydrogen-bond donors (Lipinski definition) is 3. The summed E-state index contributed by atoms with van der Waals surface area (Å²) in [5, 5.41) is 28.9. The minimum atomic E-state index is -1.68. The number of nitrogens with zero attached hydrogens (tertiary/aromatic N) is 1. The van der Waals surface area contributed by atoms with Gasteiger partial charge in [0.05, 0.1) is 30.2 Å². The summed E-state index contributed by atoms with van der Waals surface area (Å²) in [5.41, 5.74) is 5.12. The van der Waals surface area contributed by atoms with E-state index in [9.17, 15) is 24.7 Å². The second-order valence-electron chi connectivity index (χ2n) is 10.3. The van der Waals surface area contributed by atoms with Gasteiger partial charge >= 0.3 is 7.12 Å². The molecule has 2 heterocycles. The first-order valence-corrected chi connectivity index (χ1v) is 12.9. The Balaban J connectivity index is 1.34. The third-order valence-corrected chi connectivity index (χ3v) is 8.00. The first-order chi connectivity index (χ1) is 17.8. The van der Waals surface area contributed by atoms with Crippen molar-refractivity contribution < 1.29 is 29.5 Å². The molecule has 2 aliphatic heterocycles. The molecule has 0 saturated carbocycles. The van der Waals surface area contributed by atoms with Crippen LogP contribution in [0, 0.1) is 17.8 Å². The summed E-state index contributed by atoms with van der Waals surface area (Å²) in [6.45, 7) is 4.58. The molecular weight excluding hydrogens is 469 g/mol. The van der Waals surface area contributed by atoms with E-state index in [0.29, 0.717) is 18.7 Å². The lowest BCUT2D eigenvalue weighted by Crippen LogP contribution is -2.35. The van der Waals surface area contributed by atoms with E-state index in [1.54, 1.807) is 30.3 Å². The van der Waals surface area contributed by atoms with E-state index in [-0.39, 0.29) is 35.0 Å². The maximum atomic E-state index is 13.6. The molecule has 2 fully saturated rings. The molecule has 5 rings (SSSR count). The maximum Gasteiger partial charge on any atom is 0.488 e. The van der Waals surface area contributed by atoms with Crippen LogP contribution in [0.25, 0.3) is 6.08 Å². The Morgan fingerprint density at radius 1 is 1.11 bits per heavy atom. The fraction of sp³-hybridized carbons (Fsp3) is 0.379. The number of carbonyl (C=O) groups excluding carboxylic acids is 2. The fourth-order valence-electron chi connectivity index (χ4n) is 6.23. The lowest BCUT2D eigenvalue weighted by Gasteiger charge is -2.30. The van der Waals surface area contributed by atoms with Gasteiger partial charge in [0.2, 0.25) is 11.8 Å². The van der Waals surface area contributed by atoms with E-state index < -0.39 is 19.0 Å². The zero-order chi connectivity index (χ0) is 26.3. The number of hydrogen-bond acceptors (Lipinski definition) is 6. The number of ether oxygens (including phenoxy) is 1. The third-order valence-electron chi connectivity index (χ3n) is 8.00. The molecule has 7 nitrogen and oxygen atoms in total. The quantitative estimate of drug-likeness (QED) is 0.306. The van der Waals surface area contributed by atoms with Crippen LogP contribution in [0.1, 0.15) is 45.1 Å². The lowest BCUT2D eigenvalue weighted by atomic mass is 9.70. The number of rotatable bonds is 7. The first-order valence-electron chi connectivity index (χ1n) is 12.9. The van der Waals surface area contributed by atoms with Gasteiger partial charge in [-0.2, -0.15) is 0 Å². The molecule has 0 radical (unpaired) electrons. The molecule has 0 aromatic heterocycles. The molecule has 2 aromatic carbocycles. The van der Waals surface area contributed by atoms with Gasteiger partial charge in [-0.1, -0.05) is 48.4 Å². The van der Waals surface area contributed by atoms with Crippen molar-refractivity contribution in [2.75, 3.05) is 11.5 Å². The SMILES string of the molecule is CC/C(=C\c1cccc(O)c1)CC[C@H]1OC[C@H]2C1=C(C)C[C@H]1C(=O)N(c3cccc(B(O)O)c3)C(=O)[C@H]12. The van der Waals surface area contributed by atoms with Crippen LogP contribution in [0.2, 0.25) is 0 Å². The summed E-state index contributed by atoms with van der Waals surface area (Å²) in [6, 6.07) is 13.5. The van der Waals surface area contributed by atoms with Crippen molar-refractivity contribution >= 4 is 36.2 Å². The molecule has 2 aromatic rings. The van der Waals surface area contributed by atoms with Crippen LogP contribution in [0.5, 0.6) is 5.75 Å². The lowest BCUT2D eigenvalue weighted by molar-refractivity contribution is -0.122. The molecule has 4 atom stereocenters. The van der Waals surface area contributed by atoms with Crippen molar-refractivity contribution in [2.45, 2.75) is 45.6 Å². The number of phenolic OH excluding ortho intramolecular Hbond substituents is 1. The van der Waals surface area contributed by atoms with E-state index in [2.05, 4.69) is 13.0 Å². The first kappa shape index (κ1) is 25.5. The number of phenols is 1. The Morgan fingerprint density at radius 2 is 1.89 bits per heavy atom. The third kappa shape index (κ3) is 4.77. The smallest absolute Gasteiger partial charge is 0.488 e. The van der Waals surface area contributed by atoms with Crippen LogP contribution >= 0.6 is 0 Å². The highest BCUT2D eigenvalue weighted by molar-refractivity contribution is 6.58. The Labute approximate surface area is 217 Å². The topological polar surface area (TPSA) is 107 Å². The summed E-state index contributed by atoms with van der Waals surface area (Å²) >= 11 is 0. The maximum absolute atomic E-state index is 13.6. The van der Waals surface area contributed by atoms with Gasteiger partial charge in [-0.15, -0.1) is 0 Å². The minimum Gasteiger partial charge on any atom is -0.508 e. The molecule has 192 valence electrons. The van der Waals surface area contributed by atoms with Crippen molar-refractivity contribution in [2.24, 2.45) is 17.8 Å². The van der Waals surface area contributed by atoms with Crippen LogP contribution in [0.4, 0.5) is 5.69 Å². The normalized spacial score (nSPS) is 25.5. The Hall–Kier alpha value is -3.20. The van der Waals surface area contributed by atoms with Crippen molar-refractivity contribution in [3.63, 3.8) is 0 Å². The fourth-order valence-corrected chi connectivity index (χ4v) is 6.23. The number of amides is 2. The van der Waals surface area contributed by atoms with Crippen molar-refractivity contribution in [1.29, 1.82) is 0 Å². The van der Waals surface area contributed by atoms with E-state index in [0.717, 1.165) is 36.0 Å². The van der Waals surface area contributed by atoms with Gasteiger partial charge in [0.15, 0.2) is 0 Å². The standard InChI is InChI=1S/C29H32BNO6/c1-3-18(13-19-6-4-9-22(32)14-19)10-11-25-26-17(2)12-23-27(24(26)16-37-25)29(34)31(28(23)33)21-8-5-7-20(15-21)30(35)36/h4-9,13-15,23-25,27,32,35-36H,3,10-12,16H2,1-2H3/b18-13+/t23-,24+,25-,27-/m1/s1. The summed E-state index contributed by atoms with van der Waals surface area (Å²) in [5.74, 6) is -1.25. The van der Waals surface area contributed by atoms with Gasteiger partial charge in [-0.3, -0.25) is 14.5 Å². The number of carbonyl (C=O) groups is 2. The molecule has 1 aliphatic carbocycles. The zero-order valence-electron chi connectivity index (χ0n) is 21.1. The number of aromatic hydroxyl groups is 1. The zero-order valence-corrected chi connectivity index (χ0v) is 21.1. The largest absolute Gasteiger partial charge is 0.508 e. The average molecular weight is 501 g/mol. The van der Waals surface area contributed by atoms with Crippen molar-refractivity contribution in [1.82, 2.24) is 0 Å². The Bertz CT molecular complexity index is 1280. The summed E-state index contributed by atoms with van der Waals surface area (Å²) in [6.07, 6.45) is 5.07. The number of anilines is 1. The van der Waals surface area contributed by atoms with E-state index in [4.69, 9.17) is 4.74 Å². The average Bonchev–Trinajstić information content (AvgIpc) is 3.41. The minimum absolute atomic E-state index is 0.0881. The second kappa shape index (κ2) is 10.3. The van der Waals surface area contributed by atoms with Crippen LogP contribution in [-0.4, -0.2) is 46.8 Å². The number of imide groups is 1. The molecular formula is C29H32BNO6. The monoisotopic (exact) mass is 501 g/mol. The molecule has 2 saturated heterocycles. The van der Waals surface area contributed by atoms with Gasteiger partial charge in [0, 0.05) is 5.92 Å². The van der Waals surface area contributed by atoms with Gasteiger partial charge < -0.3 is 19.9 Å². The Kier molecular flexibility index (Phi) is 7.07. The molecule has 3 N–H and O–H groups in total. The van der Waals surface area contributed by atoms with Gasteiger partial charge in [-0.25, -0.2) is 0 Å². The molecule has 8 heteroatoms. The predicted molar refractivity (Wildman–Crippen MR) is 142 cm³/mol. The second-order valence-corrected chi connectivity index (χ2v) is 10.3. The van der Waals surface area contributed by atoms with Crippen LogP contribution in [0.3, 0.4) is 0 Å². The summed E-state index contributed by atoms with van der Waals surface area (Å²) < 4.78 is 6.24. The summed E-state index contributed by atoms with van der Waals surface area (Å²) in [4.78, 5) is 28.2. The molecule has 0 bridgehead atoms. The van der Waals surface area contributed by atoms with Crippen LogP contribution in [0.15, 0.2) is 65.3 Å². The van der Waals surface area contributed by atoms with Gasteiger partial charge in [-0.05, 0) is 73.5 Å². The highest BCUT2D eigenvalue weighted by Crippen LogP contribution is 2.50. The number of benzene rings is 2. The van der Waals surface area contributed by atoms with Gasteiger partial charge in [0.1, 0.15) is 5.75 Å². The highest BCUT2D eigenvalue weighted by atomic mass is 16.5. The molecule has 0 spiro atoms. The van der Waals surface area contributed by atoms with Crippen molar-refractivity contribution in [3.8, 4) is 5.75 Å². The van der Waals surface area contributed by atoms with Crippen LogP contribution < -0.4 is 10.4 Å². The number of allylic oxidation sites excluding steroid dienone is 2. The molecule has 2 amide bonds. The number of fused-ring (bicyclic) bond motifs is 3. The van der Waals surface area contributed by atoms with Crippen molar-refractivity contribution in [3.05, 3.63) is 70.8 Å². The Morgan fingerprint density at radius 3 is 2.62 bits per heavy atom. The van der Waals surface area contributed by atoms with E-state index in [1.165, 1.54) is 16.5 Å².